The Labute approximate surface area is 124 Å². The summed E-state index contributed by atoms with van der Waals surface area (Å²) in [5.41, 5.74) is 0. The minimum Gasteiger partial charge on any atom is -0.484 e. The van der Waals surface area contributed by atoms with Crippen LogP contribution >= 0.6 is 12.4 Å². The van der Waals surface area contributed by atoms with E-state index in [-0.39, 0.29) is 30.7 Å². The Bertz CT molecular complexity index is 428. The van der Waals surface area contributed by atoms with E-state index in [9.17, 15) is 9.18 Å². The first-order valence-electron chi connectivity index (χ1n) is 6.50. The molecule has 1 aliphatic rings. The molecule has 1 heterocycles. The van der Waals surface area contributed by atoms with E-state index in [2.05, 4.69) is 5.32 Å². The zero-order chi connectivity index (χ0) is 13.7. The summed E-state index contributed by atoms with van der Waals surface area (Å²) >= 11 is 0. The fourth-order valence-electron chi connectivity index (χ4n) is 2.28. The lowest BCUT2D eigenvalue weighted by molar-refractivity contribution is -0.132. The number of carbonyl (C=O) groups is 1. The fraction of sp³-hybridized carbons (Fsp3) is 0.500. The summed E-state index contributed by atoms with van der Waals surface area (Å²) < 4.78 is 18.1. The van der Waals surface area contributed by atoms with E-state index in [1.165, 1.54) is 24.3 Å². The molecule has 6 heteroatoms. The molecule has 1 amide bonds. The van der Waals surface area contributed by atoms with Crippen LogP contribution in [0, 0.1) is 11.7 Å². The van der Waals surface area contributed by atoms with Crippen molar-refractivity contribution in [1.82, 2.24) is 10.2 Å². The minimum atomic E-state index is -0.312. The number of halogens is 2. The highest BCUT2D eigenvalue weighted by molar-refractivity contribution is 5.85. The summed E-state index contributed by atoms with van der Waals surface area (Å²) in [7, 11) is 1.92. The van der Waals surface area contributed by atoms with Gasteiger partial charge >= 0.3 is 0 Å². The van der Waals surface area contributed by atoms with Crippen LogP contribution in [0.2, 0.25) is 0 Å². The van der Waals surface area contributed by atoms with Crippen molar-refractivity contribution in [3.05, 3.63) is 30.1 Å². The second kappa shape index (κ2) is 8.07. The third kappa shape index (κ3) is 4.65. The van der Waals surface area contributed by atoms with E-state index in [1.807, 2.05) is 11.9 Å². The summed E-state index contributed by atoms with van der Waals surface area (Å²) in [4.78, 5) is 13.8. The van der Waals surface area contributed by atoms with Gasteiger partial charge in [-0.15, -0.1) is 12.4 Å². The van der Waals surface area contributed by atoms with E-state index in [0.717, 1.165) is 26.1 Å². The van der Waals surface area contributed by atoms with Crippen LogP contribution in [0.5, 0.6) is 5.75 Å². The normalized spacial score (nSPS) is 17.7. The van der Waals surface area contributed by atoms with Crippen LogP contribution in [0.25, 0.3) is 0 Å². The predicted octanol–water partition coefficient (Wildman–Crippen LogP) is 1.69. The van der Waals surface area contributed by atoms with Crippen molar-refractivity contribution in [3.63, 3.8) is 0 Å². The Hall–Kier alpha value is -1.33. The first-order chi connectivity index (χ1) is 9.19. The number of rotatable bonds is 5. The standard InChI is InChI=1S/C14H19FN2O2.ClH/c1-16-8-11-6-7-17(9-11)14(18)10-19-13-4-2-12(15)3-5-13;/h2-5,11,16H,6-10H2,1H3;1H. The number of benzene rings is 1. The van der Waals surface area contributed by atoms with Crippen LogP contribution in [0.4, 0.5) is 4.39 Å². The van der Waals surface area contributed by atoms with Gasteiger partial charge in [-0.1, -0.05) is 0 Å². The monoisotopic (exact) mass is 302 g/mol. The van der Waals surface area contributed by atoms with Gasteiger partial charge in [0.1, 0.15) is 11.6 Å². The lowest BCUT2D eigenvalue weighted by Crippen LogP contribution is -2.34. The quantitative estimate of drug-likeness (QED) is 0.900. The number of ether oxygens (including phenoxy) is 1. The van der Waals surface area contributed by atoms with Crippen molar-refractivity contribution in [2.75, 3.05) is 33.3 Å². The van der Waals surface area contributed by atoms with Gasteiger partial charge in [-0.3, -0.25) is 4.79 Å². The van der Waals surface area contributed by atoms with E-state index >= 15 is 0 Å². The van der Waals surface area contributed by atoms with Crippen molar-refractivity contribution >= 4 is 18.3 Å². The molecule has 4 nitrogen and oxygen atoms in total. The number of nitrogens with zero attached hydrogens (tertiary/aromatic N) is 1. The molecule has 0 radical (unpaired) electrons. The summed E-state index contributed by atoms with van der Waals surface area (Å²) in [5, 5.41) is 3.13. The molecule has 112 valence electrons. The molecule has 1 unspecified atom stereocenters. The maximum atomic E-state index is 12.7. The molecule has 0 aliphatic carbocycles. The predicted molar refractivity (Wildman–Crippen MR) is 77.8 cm³/mol. The summed E-state index contributed by atoms with van der Waals surface area (Å²) in [6.07, 6.45) is 1.03. The third-order valence-corrected chi connectivity index (χ3v) is 3.31. The van der Waals surface area contributed by atoms with Crippen molar-refractivity contribution in [2.24, 2.45) is 5.92 Å². The molecule has 1 N–H and O–H groups in total. The minimum absolute atomic E-state index is 0. The number of carbonyl (C=O) groups excluding carboxylic acids is 1. The number of hydrogen-bond donors (Lipinski definition) is 1. The first-order valence-corrected chi connectivity index (χ1v) is 6.50. The largest absolute Gasteiger partial charge is 0.484 e. The van der Waals surface area contributed by atoms with Gasteiger partial charge in [-0.2, -0.15) is 0 Å². The fourth-order valence-corrected chi connectivity index (χ4v) is 2.28. The molecule has 2 rings (SSSR count). The highest BCUT2D eigenvalue weighted by Gasteiger charge is 2.25. The second-order valence-corrected chi connectivity index (χ2v) is 4.79. The van der Waals surface area contributed by atoms with Crippen LogP contribution < -0.4 is 10.1 Å². The molecule has 0 saturated carbocycles. The van der Waals surface area contributed by atoms with E-state index < -0.39 is 0 Å². The van der Waals surface area contributed by atoms with E-state index in [1.54, 1.807) is 0 Å². The van der Waals surface area contributed by atoms with Crippen LogP contribution in [0.1, 0.15) is 6.42 Å². The SMILES string of the molecule is CNCC1CCN(C(=O)COc2ccc(F)cc2)C1.Cl. The topological polar surface area (TPSA) is 41.6 Å². The van der Waals surface area contributed by atoms with Gasteiger partial charge in [-0.05, 0) is 50.2 Å². The van der Waals surface area contributed by atoms with Gasteiger partial charge in [0.05, 0.1) is 0 Å². The van der Waals surface area contributed by atoms with Crippen molar-refractivity contribution in [2.45, 2.75) is 6.42 Å². The molecule has 1 atom stereocenters. The van der Waals surface area contributed by atoms with Crippen LogP contribution in [-0.4, -0.2) is 44.1 Å². The molecule has 0 bridgehead atoms. The van der Waals surface area contributed by atoms with Gasteiger partial charge in [0, 0.05) is 13.1 Å². The number of nitrogens with one attached hydrogen (secondary N) is 1. The zero-order valence-electron chi connectivity index (χ0n) is 11.5. The Morgan fingerprint density at radius 3 is 2.80 bits per heavy atom. The van der Waals surface area contributed by atoms with Crippen molar-refractivity contribution in [3.8, 4) is 5.75 Å². The Kier molecular flexibility index (Phi) is 6.75. The smallest absolute Gasteiger partial charge is 0.260 e. The third-order valence-electron chi connectivity index (χ3n) is 3.31. The van der Waals surface area contributed by atoms with Crippen LogP contribution in [-0.2, 0) is 4.79 Å². The molecule has 20 heavy (non-hydrogen) atoms. The summed E-state index contributed by atoms with van der Waals surface area (Å²) in [5.74, 6) is 0.719. The highest BCUT2D eigenvalue weighted by atomic mass is 35.5. The average molecular weight is 303 g/mol. The average Bonchev–Trinajstić information content (AvgIpc) is 2.87. The maximum absolute atomic E-state index is 12.7. The summed E-state index contributed by atoms with van der Waals surface area (Å²) in [6, 6.07) is 5.68. The Morgan fingerprint density at radius 1 is 1.45 bits per heavy atom. The van der Waals surface area contributed by atoms with Gasteiger partial charge in [0.25, 0.3) is 5.91 Å². The molecule has 1 aromatic rings. The lowest BCUT2D eigenvalue weighted by Gasteiger charge is -2.16. The molecule has 1 saturated heterocycles. The number of amides is 1. The Balaban J connectivity index is 0.00000200. The van der Waals surface area contributed by atoms with Crippen LogP contribution in [0.15, 0.2) is 24.3 Å². The zero-order valence-corrected chi connectivity index (χ0v) is 12.3. The molecular weight excluding hydrogens is 283 g/mol. The molecule has 1 aromatic carbocycles. The van der Waals surface area contributed by atoms with E-state index in [0.29, 0.717) is 11.7 Å². The maximum Gasteiger partial charge on any atom is 0.260 e. The van der Waals surface area contributed by atoms with Gasteiger partial charge in [0.2, 0.25) is 0 Å². The summed E-state index contributed by atoms with van der Waals surface area (Å²) in [6.45, 7) is 2.52. The number of hydrogen-bond acceptors (Lipinski definition) is 3. The molecule has 0 spiro atoms. The van der Waals surface area contributed by atoms with Crippen LogP contribution in [0.3, 0.4) is 0 Å². The lowest BCUT2D eigenvalue weighted by atomic mass is 10.1. The first kappa shape index (κ1) is 16.7. The van der Waals surface area contributed by atoms with Crippen molar-refractivity contribution in [1.29, 1.82) is 0 Å². The Morgan fingerprint density at radius 2 is 2.15 bits per heavy atom. The molecule has 0 aromatic heterocycles. The molecule has 1 aliphatic heterocycles. The number of likely N-dealkylation sites (tertiary alicyclic amines) is 1. The molecule has 1 fully saturated rings. The van der Waals surface area contributed by atoms with Gasteiger partial charge < -0.3 is 15.0 Å². The highest BCUT2D eigenvalue weighted by Crippen LogP contribution is 2.16. The van der Waals surface area contributed by atoms with E-state index in [4.69, 9.17) is 4.74 Å². The van der Waals surface area contributed by atoms with Crippen molar-refractivity contribution < 1.29 is 13.9 Å². The van der Waals surface area contributed by atoms with Gasteiger partial charge in [-0.25, -0.2) is 4.39 Å². The molecular formula is C14H20ClFN2O2. The second-order valence-electron chi connectivity index (χ2n) is 4.79. The van der Waals surface area contributed by atoms with Gasteiger partial charge in [0.15, 0.2) is 6.61 Å².